The molecule has 6 heterocycles. The minimum absolute atomic E-state index is 0.628. The van der Waals surface area contributed by atoms with E-state index in [-0.39, 0.29) is 0 Å². The average molecular weight is 1450 g/mol. The average Bonchev–Trinajstić information content (AvgIpc) is 1.59. The van der Waals surface area contributed by atoms with E-state index in [1.807, 2.05) is 145 Å². The van der Waals surface area contributed by atoms with Gasteiger partial charge in [0.15, 0.2) is 34.9 Å². The van der Waals surface area contributed by atoms with Gasteiger partial charge in [-0.3, -0.25) is 0 Å². The van der Waals surface area contributed by atoms with Crippen molar-refractivity contribution in [1.29, 1.82) is 0 Å². The van der Waals surface area contributed by atoms with Crippen molar-refractivity contribution in [2.75, 3.05) is 0 Å². The van der Waals surface area contributed by atoms with Crippen molar-refractivity contribution in [3.05, 3.63) is 388 Å². The topological polar surface area (TPSA) is 100 Å². The number of thiophene rings is 1. The Labute approximate surface area is 648 Å². The van der Waals surface area contributed by atoms with Crippen LogP contribution in [0.5, 0.6) is 0 Å². The summed E-state index contributed by atoms with van der Waals surface area (Å²) < 4.78 is 13.8. The van der Waals surface area contributed by atoms with E-state index in [4.69, 9.17) is 34.3 Å². The Hall–Kier alpha value is -14.8. The van der Waals surface area contributed by atoms with Gasteiger partial charge in [-0.05, 0) is 136 Å². The highest BCUT2D eigenvalue weighted by Gasteiger charge is 2.22. The van der Waals surface area contributed by atoms with E-state index in [9.17, 15) is 0 Å². The Balaban J connectivity index is 0.000000141. The van der Waals surface area contributed by atoms with Gasteiger partial charge < -0.3 is 13.6 Å². The Bertz CT molecular complexity index is 7210. The van der Waals surface area contributed by atoms with Crippen molar-refractivity contribution in [3.63, 3.8) is 0 Å². The Kier molecular flexibility index (Phi) is 16.2. The first-order valence-electron chi connectivity index (χ1n) is 37.5. The molecule has 9 nitrogen and oxygen atoms in total. The molecule has 0 saturated heterocycles. The Morgan fingerprint density at radius 2 is 0.500 bits per heavy atom. The van der Waals surface area contributed by atoms with Gasteiger partial charge in [0.25, 0.3) is 0 Å². The molecule has 0 unspecified atom stereocenters. The van der Waals surface area contributed by atoms with Crippen LogP contribution >= 0.6 is 11.3 Å². The third kappa shape index (κ3) is 11.7. The number of fused-ring (bicyclic) bond motifs is 12. The number of para-hydroxylation sites is 3. The van der Waals surface area contributed by atoms with Gasteiger partial charge in [0.1, 0.15) is 11.2 Å². The molecular weight excluding hydrogens is 1390 g/mol. The molecule has 0 N–H and O–H groups in total. The second kappa shape index (κ2) is 27.7. The van der Waals surface area contributed by atoms with Gasteiger partial charge in [0.2, 0.25) is 0 Å². The quantitative estimate of drug-likeness (QED) is 0.120. The van der Waals surface area contributed by atoms with Gasteiger partial charge in [-0.1, -0.05) is 291 Å². The minimum Gasteiger partial charge on any atom is -0.455 e. The summed E-state index contributed by atoms with van der Waals surface area (Å²) >= 11 is 1.89. The summed E-state index contributed by atoms with van der Waals surface area (Å²) in [6.45, 7) is 0. The fourth-order valence-electron chi connectivity index (χ4n) is 16.0. The fraction of sp³-hybridized carbons (Fsp3) is 0. The predicted octanol–water partition coefficient (Wildman–Crippen LogP) is 26.9. The SMILES string of the molecule is c1ccc(-c2ccc3c(c2)c2cc(-c4cccc5c4oc4ccccc45)ccc2n3-c2ccc(-c3nc(-c4ccccc4)nc(-c4ccccc4)n3)cc2)cc1.c1ccc(-c2nc(-c3ccccc3)nc(-c3ccc(-n4c5ccccc5c5cc(-c6cccc7c6sc6c(-c8ccccc8)cccc67)ccc54)cc3)n2)cc1. The number of rotatable bonds is 12. The Morgan fingerprint density at radius 1 is 0.196 bits per heavy atom. The summed E-state index contributed by atoms with van der Waals surface area (Å²) in [5.41, 5.74) is 23.7. The molecule has 0 bridgehead atoms. The summed E-state index contributed by atoms with van der Waals surface area (Å²) in [6, 6.07) is 136. The van der Waals surface area contributed by atoms with Crippen LogP contribution in [0.25, 0.3) is 210 Å². The van der Waals surface area contributed by atoms with Crippen LogP contribution in [0.2, 0.25) is 0 Å². The number of nitrogens with zero attached hydrogens (tertiary/aromatic N) is 8. The number of benzene rings is 16. The summed E-state index contributed by atoms with van der Waals surface area (Å²) in [5.74, 6) is 3.86. The van der Waals surface area contributed by atoms with Gasteiger partial charge >= 0.3 is 0 Å². The maximum Gasteiger partial charge on any atom is 0.164 e. The normalized spacial score (nSPS) is 11.6. The summed E-state index contributed by atoms with van der Waals surface area (Å²) in [4.78, 5) is 29.6. The lowest BCUT2D eigenvalue weighted by molar-refractivity contribution is 0.670. The molecule has 0 atom stereocenters. The molecule has 0 spiro atoms. The zero-order valence-electron chi connectivity index (χ0n) is 60.3. The maximum absolute atomic E-state index is 6.48. The van der Waals surface area contributed by atoms with E-state index < -0.39 is 0 Å². The van der Waals surface area contributed by atoms with Crippen LogP contribution in [0.15, 0.2) is 393 Å². The molecule has 0 amide bonds. The number of aromatic nitrogens is 8. The highest BCUT2D eigenvalue weighted by molar-refractivity contribution is 7.26. The van der Waals surface area contributed by atoms with Crippen molar-refractivity contribution in [1.82, 2.24) is 39.0 Å². The number of hydrogen-bond acceptors (Lipinski definition) is 8. The minimum atomic E-state index is 0.628. The lowest BCUT2D eigenvalue weighted by Gasteiger charge is -2.11. The van der Waals surface area contributed by atoms with E-state index in [1.165, 1.54) is 75.1 Å². The third-order valence-electron chi connectivity index (χ3n) is 21.3. The van der Waals surface area contributed by atoms with Crippen molar-refractivity contribution in [2.24, 2.45) is 0 Å². The smallest absolute Gasteiger partial charge is 0.164 e. The second-order valence-corrected chi connectivity index (χ2v) is 29.1. The number of hydrogen-bond donors (Lipinski definition) is 0. The van der Waals surface area contributed by atoms with Crippen LogP contribution in [0.4, 0.5) is 0 Å². The molecule has 22 rings (SSSR count). The van der Waals surface area contributed by atoms with Crippen molar-refractivity contribution < 1.29 is 4.42 Å². The van der Waals surface area contributed by atoms with E-state index >= 15 is 0 Å². The highest BCUT2D eigenvalue weighted by Crippen LogP contribution is 2.47. The predicted molar refractivity (Wildman–Crippen MR) is 463 cm³/mol. The molecule has 0 radical (unpaired) electrons. The molecule has 0 fully saturated rings. The molecule has 0 aliphatic heterocycles. The van der Waals surface area contributed by atoms with Crippen molar-refractivity contribution in [2.45, 2.75) is 0 Å². The molecule has 524 valence electrons. The summed E-state index contributed by atoms with van der Waals surface area (Å²) in [7, 11) is 0. The largest absolute Gasteiger partial charge is 0.455 e. The van der Waals surface area contributed by atoms with Crippen molar-refractivity contribution >= 4 is 97.1 Å². The van der Waals surface area contributed by atoms with E-state index in [0.29, 0.717) is 34.9 Å². The van der Waals surface area contributed by atoms with Crippen LogP contribution in [0.1, 0.15) is 0 Å². The van der Waals surface area contributed by atoms with Crippen LogP contribution in [0.3, 0.4) is 0 Å². The zero-order valence-corrected chi connectivity index (χ0v) is 61.2. The lowest BCUT2D eigenvalue weighted by Crippen LogP contribution is -2.00. The summed E-state index contributed by atoms with van der Waals surface area (Å²) in [5, 5.41) is 9.65. The first-order valence-corrected chi connectivity index (χ1v) is 38.4. The van der Waals surface area contributed by atoms with Gasteiger partial charge in [-0.25, -0.2) is 29.9 Å². The molecule has 6 aromatic heterocycles. The van der Waals surface area contributed by atoms with Crippen molar-refractivity contribution in [3.8, 4) is 124 Å². The molecular formula is C102H64N8OS. The Morgan fingerprint density at radius 3 is 0.955 bits per heavy atom. The first-order chi connectivity index (χ1) is 55.5. The fourth-order valence-corrected chi connectivity index (χ4v) is 17.3. The van der Waals surface area contributed by atoms with E-state index in [0.717, 1.165) is 99.9 Å². The van der Waals surface area contributed by atoms with Gasteiger partial charge in [0, 0.05) is 103 Å². The van der Waals surface area contributed by atoms with Crippen LogP contribution in [-0.2, 0) is 0 Å². The van der Waals surface area contributed by atoms with Crippen LogP contribution in [0, 0.1) is 0 Å². The molecule has 0 saturated carbocycles. The van der Waals surface area contributed by atoms with E-state index in [1.54, 1.807) is 0 Å². The van der Waals surface area contributed by atoms with Gasteiger partial charge in [0.05, 0.1) is 22.1 Å². The van der Waals surface area contributed by atoms with Gasteiger partial charge in [-0.15, -0.1) is 11.3 Å². The first kappa shape index (κ1) is 65.5. The molecule has 16 aromatic carbocycles. The zero-order chi connectivity index (χ0) is 74.0. The van der Waals surface area contributed by atoms with Crippen LogP contribution in [-0.4, -0.2) is 39.0 Å². The monoisotopic (exact) mass is 1450 g/mol. The summed E-state index contributed by atoms with van der Waals surface area (Å²) in [6.07, 6.45) is 0. The number of furan rings is 1. The molecule has 112 heavy (non-hydrogen) atoms. The molecule has 10 heteroatoms. The van der Waals surface area contributed by atoms with E-state index in [2.05, 4.69) is 264 Å². The maximum atomic E-state index is 6.48. The molecule has 0 aliphatic carbocycles. The standard InChI is InChI=1S/C51H32N4O.C51H32N4S/c1-4-13-33(14-5-1)37-25-29-45-43(31-37)44-32-38(40-20-12-21-42-41-19-10-11-22-47(41)56-48(40)42)26-30-46(44)55(45)39-27-23-36(24-28-39)51-53-49(34-15-6-2-7-16-34)52-50(54-51)35-17-8-3-9-18-35;1-4-14-33(15-5-1)39-21-12-23-42-43-24-13-22-40(48(43)56-47(39)42)37-28-31-46-44(32-37)41-20-10-11-25-45(41)55(46)38-29-26-36(27-30-38)51-53-49(34-16-6-2-7-17-34)52-50(54-51)35-18-8-3-9-19-35/h2*1-32H. The molecule has 0 aliphatic rings. The van der Waals surface area contributed by atoms with Crippen LogP contribution < -0.4 is 0 Å². The van der Waals surface area contributed by atoms with Gasteiger partial charge in [-0.2, -0.15) is 0 Å². The third-order valence-corrected chi connectivity index (χ3v) is 22.6. The lowest BCUT2D eigenvalue weighted by atomic mass is 9.99. The molecule has 22 aromatic rings. The highest BCUT2D eigenvalue weighted by atomic mass is 32.1. The second-order valence-electron chi connectivity index (χ2n) is 28.0.